The van der Waals surface area contributed by atoms with Crippen LogP contribution in [0, 0.1) is 0 Å². The van der Waals surface area contributed by atoms with Crippen LogP contribution in [-0.4, -0.2) is 66.4 Å². The van der Waals surface area contributed by atoms with Gasteiger partial charge in [0.2, 0.25) is 0 Å². The molecule has 1 unspecified atom stereocenters. The lowest BCUT2D eigenvalue weighted by atomic mass is 9.97. The Morgan fingerprint density at radius 2 is 2.10 bits per heavy atom. The van der Waals surface area contributed by atoms with Gasteiger partial charge < -0.3 is 24.8 Å². The number of aromatic nitrogens is 2. The molecule has 2 saturated heterocycles. The van der Waals surface area contributed by atoms with Crippen LogP contribution in [0.1, 0.15) is 32.0 Å². The molecular weight excluding hydrogens is 412 g/mol. The lowest BCUT2D eigenvalue weighted by Crippen LogP contribution is -2.56. The average molecular weight is 443 g/mol. The molecule has 3 aliphatic heterocycles. The topological polar surface area (TPSA) is 89.7 Å². The zero-order chi connectivity index (χ0) is 21.8. The number of benzene rings is 1. The molecule has 0 bridgehead atoms. The fraction of sp³-hybridized carbons (Fsp3) is 0.565. The molecule has 7 nitrogen and oxygen atoms in total. The smallest absolute Gasteiger partial charge is 0.184 e. The van der Waals surface area contributed by atoms with Crippen molar-refractivity contribution in [3.05, 3.63) is 35.5 Å². The van der Waals surface area contributed by atoms with E-state index in [9.17, 15) is 5.11 Å². The first-order valence-electron chi connectivity index (χ1n) is 10.8. The van der Waals surface area contributed by atoms with Crippen molar-refractivity contribution in [3.8, 4) is 17.1 Å². The number of anilines is 1. The molecule has 0 radical (unpaired) electrons. The number of thioether (sulfide) groups is 1. The van der Waals surface area contributed by atoms with E-state index in [0.717, 1.165) is 34.9 Å². The highest BCUT2D eigenvalue weighted by Crippen LogP contribution is 2.46. The first kappa shape index (κ1) is 21.0. The molecule has 2 N–H and O–H groups in total. The van der Waals surface area contributed by atoms with E-state index < -0.39 is 0 Å². The predicted molar refractivity (Wildman–Crippen MR) is 123 cm³/mol. The van der Waals surface area contributed by atoms with Crippen molar-refractivity contribution in [2.24, 2.45) is 0 Å². The Labute approximate surface area is 187 Å². The molecule has 4 heterocycles. The number of hydrogen-bond donors (Lipinski definition) is 2. The third-order valence-corrected chi connectivity index (χ3v) is 7.89. The van der Waals surface area contributed by atoms with Crippen molar-refractivity contribution in [1.82, 2.24) is 15.3 Å². The van der Waals surface area contributed by atoms with Gasteiger partial charge in [0.05, 0.1) is 42.2 Å². The van der Waals surface area contributed by atoms with Gasteiger partial charge in [-0.1, -0.05) is 18.2 Å². The second kappa shape index (κ2) is 7.62. The SMILES string of the molecule is CSC(C)(C)c1nc(-c2cccc(C3(CO)CN3)c2)nc2c1OC[C@@H]1COC[C@@H](C)N21. The quantitative estimate of drug-likeness (QED) is 0.683. The second-order valence-electron chi connectivity index (χ2n) is 9.20. The van der Waals surface area contributed by atoms with Crippen LogP contribution in [0.25, 0.3) is 11.4 Å². The van der Waals surface area contributed by atoms with E-state index in [1.165, 1.54) is 0 Å². The van der Waals surface area contributed by atoms with E-state index >= 15 is 0 Å². The Kier molecular flexibility index (Phi) is 5.16. The van der Waals surface area contributed by atoms with Crippen LogP contribution >= 0.6 is 11.8 Å². The molecule has 166 valence electrons. The summed E-state index contributed by atoms with van der Waals surface area (Å²) >= 11 is 1.75. The van der Waals surface area contributed by atoms with Gasteiger partial charge in [-0.05, 0) is 38.7 Å². The molecule has 1 aromatic carbocycles. The van der Waals surface area contributed by atoms with Crippen LogP contribution in [0.5, 0.6) is 5.75 Å². The van der Waals surface area contributed by atoms with Crippen molar-refractivity contribution < 1.29 is 14.6 Å². The largest absolute Gasteiger partial charge is 0.486 e. The normalized spacial score (nSPS) is 27.3. The summed E-state index contributed by atoms with van der Waals surface area (Å²) in [7, 11) is 0. The van der Waals surface area contributed by atoms with E-state index in [4.69, 9.17) is 19.4 Å². The summed E-state index contributed by atoms with van der Waals surface area (Å²) in [5.74, 6) is 2.34. The van der Waals surface area contributed by atoms with Gasteiger partial charge in [-0.25, -0.2) is 9.97 Å². The van der Waals surface area contributed by atoms with Gasteiger partial charge >= 0.3 is 0 Å². The maximum atomic E-state index is 9.84. The molecule has 5 rings (SSSR count). The second-order valence-corrected chi connectivity index (χ2v) is 10.6. The lowest BCUT2D eigenvalue weighted by Gasteiger charge is -2.45. The Hall–Kier alpha value is -1.87. The van der Waals surface area contributed by atoms with Gasteiger partial charge in [0.1, 0.15) is 12.3 Å². The zero-order valence-electron chi connectivity index (χ0n) is 18.5. The van der Waals surface area contributed by atoms with Crippen molar-refractivity contribution >= 4 is 17.6 Å². The summed E-state index contributed by atoms with van der Waals surface area (Å²) in [5, 5.41) is 13.1. The number of nitrogens with zero attached hydrogens (tertiary/aromatic N) is 3. The first-order chi connectivity index (χ1) is 14.9. The van der Waals surface area contributed by atoms with Crippen molar-refractivity contribution in [2.45, 2.75) is 43.1 Å². The summed E-state index contributed by atoms with van der Waals surface area (Å²) in [6, 6.07) is 8.57. The van der Waals surface area contributed by atoms with Crippen LogP contribution in [0.15, 0.2) is 24.3 Å². The molecule has 0 amide bonds. The number of fused-ring (bicyclic) bond motifs is 3. The van der Waals surface area contributed by atoms with Crippen molar-refractivity contribution in [1.29, 1.82) is 0 Å². The molecule has 3 atom stereocenters. The highest BCUT2D eigenvalue weighted by atomic mass is 32.2. The highest BCUT2D eigenvalue weighted by Gasteiger charge is 2.44. The third-order valence-electron chi connectivity index (χ3n) is 6.68. The minimum Gasteiger partial charge on any atom is -0.486 e. The van der Waals surface area contributed by atoms with Crippen molar-refractivity contribution in [2.75, 3.05) is 44.1 Å². The number of hydrogen-bond acceptors (Lipinski definition) is 8. The van der Waals surface area contributed by atoms with E-state index in [2.05, 4.69) is 43.3 Å². The number of ether oxygens (including phenoxy) is 2. The Balaban J connectivity index is 1.67. The first-order valence-corrected chi connectivity index (χ1v) is 12.0. The van der Waals surface area contributed by atoms with Crippen LogP contribution in [-0.2, 0) is 15.0 Å². The van der Waals surface area contributed by atoms with E-state index in [0.29, 0.717) is 25.6 Å². The molecule has 31 heavy (non-hydrogen) atoms. The van der Waals surface area contributed by atoms with E-state index in [1.54, 1.807) is 11.8 Å². The fourth-order valence-electron chi connectivity index (χ4n) is 4.43. The van der Waals surface area contributed by atoms with Gasteiger partial charge in [-0.2, -0.15) is 11.8 Å². The predicted octanol–water partition coefficient (Wildman–Crippen LogP) is 2.52. The van der Waals surface area contributed by atoms with E-state index in [-0.39, 0.29) is 29.0 Å². The zero-order valence-corrected chi connectivity index (χ0v) is 19.3. The molecule has 0 aliphatic carbocycles. The van der Waals surface area contributed by atoms with Crippen molar-refractivity contribution in [3.63, 3.8) is 0 Å². The Morgan fingerprint density at radius 3 is 2.81 bits per heavy atom. The molecule has 0 saturated carbocycles. The number of nitrogens with one attached hydrogen (secondary N) is 1. The molecule has 8 heteroatoms. The molecule has 1 aromatic heterocycles. The molecule has 3 aliphatic rings. The summed E-state index contributed by atoms with van der Waals surface area (Å²) in [5.41, 5.74) is 2.60. The standard InChI is InChI=1S/C23H30N4O3S/c1-14-9-29-10-17-11-30-18-19(22(2,3)31-4)25-20(26-21(18)27(14)17)15-6-5-7-16(8-15)23(13-28)12-24-23/h5-8,14,17,24,28H,9-13H2,1-4H3/t14-,17+,23?/m1/s1. The average Bonchev–Trinajstić information content (AvgIpc) is 3.59. The summed E-state index contributed by atoms with van der Waals surface area (Å²) in [6.07, 6.45) is 2.10. The maximum Gasteiger partial charge on any atom is 0.184 e. The summed E-state index contributed by atoms with van der Waals surface area (Å²) < 4.78 is 11.8. The van der Waals surface area contributed by atoms with Gasteiger partial charge in [-0.15, -0.1) is 0 Å². The molecule has 2 aromatic rings. The third kappa shape index (κ3) is 3.50. The molecule has 0 spiro atoms. The van der Waals surface area contributed by atoms with Crippen LogP contribution < -0.4 is 15.0 Å². The van der Waals surface area contributed by atoms with E-state index in [1.807, 2.05) is 18.2 Å². The minimum atomic E-state index is -0.335. The summed E-state index contributed by atoms with van der Waals surface area (Å²) in [6.45, 7) is 9.28. The Morgan fingerprint density at radius 1 is 1.29 bits per heavy atom. The maximum absolute atomic E-state index is 9.84. The van der Waals surface area contributed by atoms with Crippen LogP contribution in [0.4, 0.5) is 5.82 Å². The Bertz CT molecular complexity index is 995. The number of aliphatic hydroxyl groups excluding tert-OH is 1. The molecule has 2 fully saturated rings. The minimum absolute atomic E-state index is 0.0765. The van der Waals surface area contributed by atoms with Crippen LogP contribution in [0.3, 0.4) is 0 Å². The number of rotatable bonds is 5. The highest BCUT2D eigenvalue weighted by molar-refractivity contribution is 7.99. The van der Waals surface area contributed by atoms with Gasteiger partial charge in [0.25, 0.3) is 0 Å². The number of aliphatic hydroxyl groups is 1. The lowest BCUT2D eigenvalue weighted by molar-refractivity contribution is 0.0482. The van der Waals surface area contributed by atoms with Gasteiger partial charge in [-0.3, -0.25) is 0 Å². The summed E-state index contributed by atoms with van der Waals surface area (Å²) in [4.78, 5) is 12.4. The van der Waals surface area contributed by atoms with Gasteiger partial charge in [0, 0.05) is 12.1 Å². The fourth-order valence-corrected chi connectivity index (χ4v) is 4.77. The number of morpholine rings is 1. The molecular formula is C23H30N4O3S. The van der Waals surface area contributed by atoms with Crippen LogP contribution in [0.2, 0.25) is 0 Å². The monoisotopic (exact) mass is 442 g/mol. The van der Waals surface area contributed by atoms with Gasteiger partial charge in [0.15, 0.2) is 17.4 Å².